The fraction of sp³-hybridized carbons (Fsp3) is 0.417. The number of nitrogens with one attached hydrogen (secondary N) is 1. The lowest BCUT2D eigenvalue weighted by Crippen LogP contribution is -2.29. The van der Waals surface area contributed by atoms with Crippen LogP contribution in [0.3, 0.4) is 0 Å². The second-order valence-electron chi connectivity index (χ2n) is 4.12. The molecule has 0 saturated heterocycles. The summed E-state index contributed by atoms with van der Waals surface area (Å²) in [6.07, 6.45) is 1.17. The van der Waals surface area contributed by atoms with E-state index in [0.717, 1.165) is 11.6 Å². The van der Waals surface area contributed by atoms with Gasteiger partial charge in [-0.2, -0.15) is 0 Å². The summed E-state index contributed by atoms with van der Waals surface area (Å²) in [5, 5.41) is 6.97. The molecule has 1 aliphatic rings. The first kappa shape index (κ1) is 10.4. The van der Waals surface area contributed by atoms with E-state index in [-0.39, 0.29) is 0 Å². The minimum Gasteiger partial charge on any atom is -0.305 e. The number of aromatic nitrogens is 1. The van der Waals surface area contributed by atoms with Crippen LogP contribution in [0.15, 0.2) is 11.4 Å². The number of thiophene rings is 1. The molecule has 84 valence electrons. The average molecular weight is 250 g/mol. The van der Waals surface area contributed by atoms with Crippen LogP contribution in [0, 0.1) is 13.8 Å². The number of hydrogen-bond donors (Lipinski definition) is 1. The molecule has 3 heterocycles. The van der Waals surface area contributed by atoms with Gasteiger partial charge in [0.1, 0.15) is 0 Å². The molecule has 0 amide bonds. The molecule has 2 aromatic rings. The standard InChI is InChI=1S/C12H14N2S2/c1-7-12(16-8(2)14-7)11-9-4-6-15-10(9)3-5-13-11/h4,6,11,13H,3,5H2,1-2H3. The fourth-order valence-corrected chi connectivity index (χ4v) is 4.24. The van der Waals surface area contributed by atoms with Crippen molar-refractivity contribution in [3.8, 4) is 0 Å². The van der Waals surface area contributed by atoms with Crippen molar-refractivity contribution in [3.63, 3.8) is 0 Å². The van der Waals surface area contributed by atoms with Crippen molar-refractivity contribution in [1.29, 1.82) is 0 Å². The molecule has 1 unspecified atom stereocenters. The van der Waals surface area contributed by atoms with Gasteiger partial charge in [0.05, 0.1) is 16.7 Å². The van der Waals surface area contributed by atoms with E-state index in [1.807, 2.05) is 22.7 Å². The topological polar surface area (TPSA) is 24.9 Å². The molecule has 4 heteroatoms. The normalized spacial score (nSPS) is 19.8. The first-order valence-electron chi connectivity index (χ1n) is 5.49. The summed E-state index contributed by atoms with van der Waals surface area (Å²) in [7, 11) is 0. The highest BCUT2D eigenvalue weighted by molar-refractivity contribution is 7.12. The van der Waals surface area contributed by atoms with Gasteiger partial charge in [0.15, 0.2) is 0 Å². The molecule has 0 fully saturated rings. The highest BCUT2D eigenvalue weighted by atomic mass is 32.1. The molecule has 16 heavy (non-hydrogen) atoms. The van der Waals surface area contributed by atoms with Crippen molar-refractivity contribution < 1.29 is 0 Å². The zero-order valence-corrected chi connectivity index (χ0v) is 11.0. The van der Waals surface area contributed by atoms with Crippen molar-refractivity contribution >= 4 is 22.7 Å². The van der Waals surface area contributed by atoms with Gasteiger partial charge in [-0.1, -0.05) is 0 Å². The summed E-state index contributed by atoms with van der Waals surface area (Å²) >= 11 is 3.70. The molecule has 0 aromatic carbocycles. The smallest absolute Gasteiger partial charge is 0.0900 e. The van der Waals surface area contributed by atoms with Crippen molar-refractivity contribution in [1.82, 2.24) is 10.3 Å². The predicted molar refractivity (Wildman–Crippen MR) is 69.5 cm³/mol. The van der Waals surface area contributed by atoms with Crippen LogP contribution in [0.25, 0.3) is 0 Å². The number of hydrogen-bond acceptors (Lipinski definition) is 4. The predicted octanol–water partition coefficient (Wildman–Crippen LogP) is 3.06. The van der Waals surface area contributed by atoms with Gasteiger partial charge in [-0.25, -0.2) is 4.98 Å². The highest BCUT2D eigenvalue weighted by Crippen LogP contribution is 2.35. The summed E-state index contributed by atoms with van der Waals surface area (Å²) in [6.45, 7) is 5.27. The van der Waals surface area contributed by atoms with E-state index in [9.17, 15) is 0 Å². The van der Waals surface area contributed by atoms with Gasteiger partial charge in [-0.05, 0) is 37.3 Å². The maximum atomic E-state index is 4.53. The Bertz CT molecular complexity index is 513. The fourth-order valence-electron chi connectivity index (χ4n) is 2.30. The van der Waals surface area contributed by atoms with E-state index in [0.29, 0.717) is 6.04 Å². The van der Waals surface area contributed by atoms with Crippen molar-refractivity contribution in [3.05, 3.63) is 37.5 Å². The van der Waals surface area contributed by atoms with Crippen LogP contribution >= 0.6 is 22.7 Å². The molecule has 2 nitrogen and oxygen atoms in total. The molecule has 1 N–H and O–H groups in total. The lowest BCUT2D eigenvalue weighted by atomic mass is 10.0. The molecule has 0 bridgehead atoms. The Morgan fingerprint density at radius 2 is 2.31 bits per heavy atom. The Balaban J connectivity index is 2.07. The third kappa shape index (κ3) is 1.61. The van der Waals surface area contributed by atoms with Crippen LogP contribution in [0.1, 0.15) is 32.1 Å². The third-order valence-corrected chi connectivity index (χ3v) is 5.13. The quantitative estimate of drug-likeness (QED) is 0.841. The van der Waals surface area contributed by atoms with Gasteiger partial charge in [0.25, 0.3) is 0 Å². The number of thiazole rings is 1. The first-order valence-corrected chi connectivity index (χ1v) is 7.19. The van der Waals surface area contributed by atoms with Crippen LogP contribution in [-0.2, 0) is 6.42 Å². The second kappa shape index (κ2) is 3.95. The Labute approximate surface area is 103 Å². The van der Waals surface area contributed by atoms with Gasteiger partial charge in [0, 0.05) is 16.3 Å². The van der Waals surface area contributed by atoms with Gasteiger partial charge in [-0.15, -0.1) is 22.7 Å². The Morgan fingerprint density at radius 3 is 3.06 bits per heavy atom. The molecule has 2 aromatic heterocycles. The van der Waals surface area contributed by atoms with Gasteiger partial charge >= 0.3 is 0 Å². The first-order chi connectivity index (χ1) is 7.75. The zero-order chi connectivity index (χ0) is 11.1. The van der Waals surface area contributed by atoms with Crippen LogP contribution in [0.5, 0.6) is 0 Å². The summed E-state index contributed by atoms with van der Waals surface area (Å²) < 4.78 is 0. The van der Waals surface area contributed by atoms with E-state index >= 15 is 0 Å². The van der Waals surface area contributed by atoms with Crippen LogP contribution < -0.4 is 5.32 Å². The number of nitrogens with zero attached hydrogens (tertiary/aromatic N) is 1. The van der Waals surface area contributed by atoms with E-state index < -0.39 is 0 Å². The molecular formula is C12H14N2S2. The summed E-state index contributed by atoms with van der Waals surface area (Å²) in [6, 6.07) is 2.63. The number of fused-ring (bicyclic) bond motifs is 1. The SMILES string of the molecule is Cc1nc(C)c(C2NCCc3sccc32)s1. The molecule has 1 atom stereocenters. The average Bonchev–Trinajstić information content (AvgIpc) is 2.84. The molecular weight excluding hydrogens is 236 g/mol. The highest BCUT2D eigenvalue weighted by Gasteiger charge is 2.25. The minimum absolute atomic E-state index is 0.376. The molecule has 0 aliphatic carbocycles. The van der Waals surface area contributed by atoms with Crippen molar-refractivity contribution in [2.45, 2.75) is 26.3 Å². The Morgan fingerprint density at radius 1 is 1.44 bits per heavy atom. The van der Waals surface area contributed by atoms with Crippen molar-refractivity contribution in [2.75, 3.05) is 6.54 Å². The summed E-state index contributed by atoms with van der Waals surface area (Å²) in [5.74, 6) is 0. The molecule has 0 spiro atoms. The van der Waals surface area contributed by atoms with E-state index in [1.165, 1.54) is 27.4 Å². The monoisotopic (exact) mass is 250 g/mol. The van der Waals surface area contributed by atoms with Gasteiger partial charge in [-0.3, -0.25) is 0 Å². The van der Waals surface area contributed by atoms with Gasteiger partial charge < -0.3 is 5.32 Å². The molecule has 0 saturated carbocycles. The number of aryl methyl sites for hydroxylation is 2. The molecule has 1 aliphatic heterocycles. The van der Waals surface area contributed by atoms with E-state index in [1.54, 1.807) is 0 Å². The summed E-state index contributed by atoms with van der Waals surface area (Å²) in [5.41, 5.74) is 2.64. The second-order valence-corrected chi connectivity index (χ2v) is 6.35. The van der Waals surface area contributed by atoms with Crippen molar-refractivity contribution in [2.24, 2.45) is 0 Å². The Hall–Kier alpha value is -0.710. The molecule has 0 radical (unpaired) electrons. The Kier molecular flexibility index (Phi) is 2.58. The third-order valence-electron chi connectivity index (χ3n) is 2.99. The van der Waals surface area contributed by atoms with E-state index in [4.69, 9.17) is 0 Å². The lowest BCUT2D eigenvalue weighted by Gasteiger charge is -2.23. The largest absolute Gasteiger partial charge is 0.305 e. The zero-order valence-electron chi connectivity index (χ0n) is 9.41. The van der Waals surface area contributed by atoms with Crippen LogP contribution in [-0.4, -0.2) is 11.5 Å². The minimum atomic E-state index is 0.376. The van der Waals surface area contributed by atoms with E-state index in [2.05, 4.69) is 35.6 Å². The van der Waals surface area contributed by atoms with Crippen LogP contribution in [0.4, 0.5) is 0 Å². The maximum absolute atomic E-state index is 4.53. The maximum Gasteiger partial charge on any atom is 0.0900 e. The lowest BCUT2D eigenvalue weighted by molar-refractivity contribution is 0.579. The van der Waals surface area contributed by atoms with Crippen LogP contribution in [0.2, 0.25) is 0 Å². The van der Waals surface area contributed by atoms with Gasteiger partial charge in [0.2, 0.25) is 0 Å². The molecule has 3 rings (SSSR count). The number of rotatable bonds is 1. The summed E-state index contributed by atoms with van der Waals surface area (Å²) in [4.78, 5) is 7.45.